The molecule has 0 aliphatic heterocycles. The third-order valence-electron chi connectivity index (χ3n) is 11.0. The van der Waals surface area contributed by atoms with Gasteiger partial charge in [-0.25, -0.2) is 0 Å². The lowest BCUT2D eigenvalue weighted by molar-refractivity contribution is 1.66. The molecule has 0 unspecified atom stereocenters. The van der Waals surface area contributed by atoms with Crippen molar-refractivity contribution in [2.24, 2.45) is 0 Å². The monoisotopic (exact) mass is 688 g/mol. The first-order chi connectivity index (χ1) is 26.3. The van der Waals surface area contributed by atoms with Crippen LogP contribution in [0.25, 0.3) is 108 Å². The van der Waals surface area contributed by atoms with Gasteiger partial charge in [0.2, 0.25) is 0 Å². The van der Waals surface area contributed by atoms with Crippen LogP contribution in [-0.2, 0) is 0 Å². The Balaban J connectivity index is 1.23. The van der Waals surface area contributed by atoms with Crippen molar-refractivity contribution in [1.82, 2.24) is 0 Å². The van der Waals surface area contributed by atoms with E-state index in [1.165, 1.54) is 108 Å². The van der Waals surface area contributed by atoms with E-state index < -0.39 is 0 Å². The summed E-state index contributed by atoms with van der Waals surface area (Å²) in [7, 11) is 0. The highest BCUT2D eigenvalue weighted by Crippen LogP contribution is 2.49. The first kappa shape index (κ1) is 30.1. The summed E-state index contributed by atoms with van der Waals surface area (Å²) >= 11 is 1.89. The van der Waals surface area contributed by atoms with Gasteiger partial charge in [0.1, 0.15) is 0 Å². The quantitative estimate of drug-likeness (QED) is 0.162. The predicted octanol–water partition coefficient (Wildman–Crippen LogP) is 15.3. The van der Waals surface area contributed by atoms with E-state index in [1.807, 2.05) is 11.3 Å². The number of hydrogen-bond acceptors (Lipinski definition) is 1. The average Bonchev–Trinajstić information content (AvgIpc) is 3.61. The summed E-state index contributed by atoms with van der Waals surface area (Å²) in [6.45, 7) is 0. The van der Waals surface area contributed by atoms with Crippen molar-refractivity contribution in [3.05, 3.63) is 194 Å². The van der Waals surface area contributed by atoms with E-state index in [0.717, 1.165) is 0 Å². The summed E-state index contributed by atoms with van der Waals surface area (Å²) in [4.78, 5) is 0. The highest BCUT2D eigenvalue weighted by molar-refractivity contribution is 7.26. The first-order valence-electron chi connectivity index (χ1n) is 18.3. The van der Waals surface area contributed by atoms with Crippen LogP contribution < -0.4 is 0 Å². The SMILES string of the molecule is c1ccc(-c2c3ccccc3c(-c3ccc4sc5cccc(-c6c7ccccc7c(-c7ccccc7)c7ccccc67)c5c4c3)c3ccccc23)cc1. The normalized spacial score (nSPS) is 11.8. The molecule has 246 valence electrons. The van der Waals surface area contributed by atoms with Crippen molar-refractivity contribution in [3.63, 3.8) is 0 Å². The van der Waals surface area contributed by atoms with Gasteiger partial charge in [-0.15, -0.1) is 11.3 Å². The van der Waals surface area contributed by atoms with Gasteiger partial charge in [-0.2, -0.15) is 0 Å². The molecule has 53 heavy (non-hydrogen) atoms. The Labute approximate surface area is 311 Å². The molecular formula is C52H32S. The van der Waals surface area contributed by atoms with E-state index in [0.29, 0.717) is 0 Å². The topological polar surface area (TPSA) is 0 Å². The Morgan fingerprint density at radius 1 is 0.245 bits per heavy atom. The molecule has 0 fully saturated rings. The highest BCUT2D eigenvalue weighted by atomic mass is 32.1. The summed E-state index contributed by atoms with van der Waals surface area (Å²) in [5.41, 5.74) is 10.2. The molecule has 1 heterocycles. The lowest BCUT2D eigenvalue weighted by Gasteiger charge is -2.19. The van der Waals surface area contributed by atoms with Crippen LogP contribution in [0, 0.1) is 0 Å². The second kappa shape index (κ2) is 12.0. The molecule has 0 atom stereocenters. The first-order valence-corrected chi connectivity index (χ1v) is 19.1. The molecule has 1 heteroatoms. The van der Waals surface area contributed by atoms with E-state index in [1.54, 1.807) is 0 Å². The van der Waals surface area contributed by atoms with Gasteiger partial charge in [0.15, 0.2) is 0 Å². The summed E-state index contributed by atoms with van der Waals surface area (Å²) < 4.78 is 2.62. The summed E-state index contributed by atoms with van der Waals surface area (Å²) in [6.07, 6.45) is 0. The molecule has 0 spiro atoms. The molecule has 10 aromatic carbocycles. The second-order valence-corrected chi connectivity index (χ2v) is 15.0. The molecule has 1 aromatic heterocycles. The van der Waals surface area contributed by atoms with E-state index in [9.17, 15) is 0 Å². The molecule has 0 radical (unpaired) electrons. The zero-order chi connectivity index (χ0) is 34.9. The lowest BCUT2D eigenvalue weighted by atomic mass is 9.84. The number of hydrogen-bond donors (Lipinski definition) is 0. The smallest absolute Gasteiger partial charge is 0.0361 e. The summed E-state index contributed by atoms with van der Waals surface area (Å²) in [5.74, 6) is 0. The minimum absolute atomic E-state index is 1.24. The van der Waals surface area contributed by atoms with Crippen LogP contribution in [0.4, 0.5) is 0 Å². The van der Waals surface area contributed by atoms with Crippen LogP contribution in [0.3, 0.4) is 0 Å². The summed E-state index contributed by atoms with van der Waals surface area (Å²) in [6, 6.07) is 71.6. The maximum atomic E-state index is 2.47. The predicted molar refractivity (Wildman–Crippen MR) is 231 cm³/mol. The van der Waals surface area contributed by atoms with Gasteiger partial charge >= 0.3 is 0 Å². The Morgan fingerprint density at radius 3 is 1.09 bits per heavy atom. The average molecular weight is 689 g/mol. The molecular weight excluding hydrogens is 657 g/mol. The molecule has 0 amide bonds. The minimum atomic E-state index is 1.24. The second-order valence-electron chi connectivity index (χ2n) is 13.9. The van der Waals surface area contributed by atoms with Crippen LogP contribution in [0.5, 0.6) is 0 Å². The molecule has 11 rings (SSSR count). The molecule has 0 saturated carbocycles. The van der Waals surface area contributed by atoms with E-state index in [4.69, 9.17) is 0 Å². The Morgan fingerprint density at radius 2 is 0.642 bits per heavy atom. The Bertz CT molecular complexity index is 3090. The molecule has 0 saturated heterocycles. The van der Waals surface area contributed by atoms with E-state index in [2.05, 4.69) is 194 Å². The fraction of sp³-hybridized carbons (Fsp3) is 0. The fourth-order valence-electron chi connectivity index (χ4n) is 8.88. The van der Waals surface area contributed by atoms with Gasteiger partial charge in [0.05, 0.1) is 0 Å². The molecule has 0 nitrogen and oxygen atoms in total. The largest absolute Gasteiger partial charge is 0.135 e. The van der Waals surface area contributed by atoms with Gasteiger partial charge in [-0.1, -0.05) is 176 Å². The Kier molecular flexibility index (Phi) is 6.83. The Hall–Kier alpha value is -6.54. The van der Waals surface area contributed by atoms with Crippen LogP contribution in [0.2, 0.25) is 0 Å². The van der Waals surface area contributed by atoms with Crippen molar-refractivity contribution < 1.29 is 0 Å². The minimum Gasteiger partial charge on any atom is -0.135 e. The van der Waals surface area contributed by atoms with Crippen molar-refractivity contribution in [1.29, 1.82) is 0 Å². The van der Waals surface area contributed by atoms with Crippen LogP contribution >= 0.6 is 11.3 Å². The van der Waals surface area contributed by atoms with Crippen molar-refractivity contribution in [2.45, 2.75) is 0 Å². The molecule has 0 N–H and O–H groups in total. The zero-order valence-electron chi connectivity index (χ0n) is 28.9. The van der Waals surface area contributed by atoms with Crippen molar-refractivity contribution in [2.75, 3.05) is 0 Å². The molecule has 0 aliphatic carbocycles. The van der Waals surface area contributed by atoms with E-state index >= 15 is 0 Å². The van der Waals surface area contributed by atoms with Crippen molar-refractivity contribution in [3.8, 4) is 44.5 Å². The van der Waals surface area contributed by atoms with E-state index in [-0.39, 0.29) is 0 Å². The van der Waals surface area contributed by atoms with Gasteiger partial charge < -0.3 is 0 Å². The number of rotatable bonds is 4. The van der Waals surface area contributed by atoms with Gasteiger partial charge in [-0.05, 0) is 106 Å². The van der Waals surface area contributed by atoms with Crippen LogP contribution in [0.1, 0.15) is 0 Å². The highest BCUT2D eigenvalue weighted by Gasteiger charge is 2.21. The number of thiophene rings is 1. The lowest BCUT2D eigenvalue weighted by Crippen LogP contribution is -1.91. The van der Waals surface area contributed by atoms with Gasteiger partial charge in [-0.3, -0.25) is 0 Å². The maximum Gasteiger partial charge on any atom is 0.0361 e. The van der Waals surface area contributed by atoms with Crippen molar-refractivity contribution >= 4 is 74.6 Å². The number of fused-ring (bicyclic) bond motifs is 7. The standard InChI is InChI=1S/C52H32S/c1-3-16-33(17-4-1)48-36-20-7-9-22-38(36)50(39-23-10-8-21-37(39)48)35-30-31-46-45(32-35)52-44(28-15-29-47(52)53-46)51-42-26-13-11-24-40(42)49(34-18-5-2-6-19-34)41-25-12-14-27-43(41)51/h1-32H. The van der Waals surface area contributed by atoms with Gasteiger partial charge in [0.25, 0.3) is 0 Å². The third kappa shape index (κ3) is 4.61. The third-order valence-corrected chi connectivity index (χ3v) is 12.2. The molecule has 11 aromatic rings. The summed E-state index contributed by atoms with van der Waals surface area (Å²) in [5, 5.41) is 12.9. The molecule has 0 bridgehead atoms. The fourth-order valence-corrected chi connectivity index (χ4v) is 9.99. The van der Waals surface area contributed by atoms with Crippen LogP contribution in [0.15, 0.2) is 194 Å². The van der Waals surface area contributed by atoms with Gasteiger partial charge in [0, 0.05) is 20.2 Å². The van der Waals surface area contributed by atoms with Crippen LogP contribution in [-0.4, -0.2) is 0 Å². The number of benzene rings is 10. The maximum absolute atomic E-state index is 2.47. The zero-order valence-corrected chi connectivity index (χ0v) is 29.7. The molecule has 0 aliphatic rings.